The molecule has 0 N–H and O–H groups in total. The molecule has 1 atom stereocenters. The number of sulfonamides is 1. The van der Waals surface area contributed by atoms with Crippen LogP contribution in [0.4, 0.5) is 0 Å². The lowest BCUT2D eigenvalue weighted by molar-refractivity contribution is -0.0934. The van der Waals surface area contributed by atoms with E-state index in [1.54, 1.807) is 0 Å². The summed E-state index contributed by atoms with van der Waals surface area (Å²) in [5, 5.41) is 0. The number of piperidine rings is 1. The summed E-state index contributed by atoms with van der Waals surface area (Å²) in [6.45, 7) is 3.36. The molecule has 20 heavy (non-hydrogen) atoms. The molecule has 3 heterocycles. The minimum absolute atomic E-state index is 0.356. The summed E-state index contributed by atoms with van der Waals surface area (Å²) in [4.78, 5) is 8.79. The van der Waals surface area contributed by atoms with Gasteiger partial charge in [-0.25, -0.2) is 18.4 Å². The van der Waals surface area contributed by atoms with Gasteiger partial charge >= 0.3 is 0 Å². The van der Waals surface area contributed by atoms with Crippen LogP contribution in [0.3, 0.4) is 0 Å². The molecule has 2 aliphatic rings. The van der Waals surface area contributed by atoms with Gasteiger partial charge in [-0.3, -0.25) is 0 Å². The van der Waals surface area contributed by atoms with E-state index in [1.807, 2.05) is 13.1 Å². The van der Waals surface area contributed by atoms with Gasteiger partial charge in [-0.1, -0.05) is 0 Å². The Kier molecular flexibility index (Phi) is 3.30. The Morgan fingerprint density at radius 3 is 3.00 bits per heavy atom. The van der Waals surface area contributed by atoms with Gasteiger partial charge in [-0.15, -0.1) is 0 Å². The third kappa shape index (κ3) is 2.34. The predicted molar refractivity (Wildman–Crippen MR) is 73.8 cm³/mol. The average Bonchev–Trinajstić information content (AvgIpc) is 2.39. The van der Waals surface area contributed by atoms with E-state index in [2.05, 4.69) is 9.97 Å². The second-order valence-corrected chi connectivity index (χ2v) is 7.57. The van der Waals surface area contributed by atoms with Crippen LogP contribution in [0.15, 0.2) is 6.20 Å². The Bertz CT molecular complexity index is 632. The van der Waals surface area contributed by atoms with E-state index in [0.29, 0.717) is 25.5 Å². The standard InChI is InChI=1S/C13H19N3O3S/c1-10-14-8-11-4-7-19-13(12(11)15-10)5-3-6-16(9-13)20(2,17)18/h8H,3-7,9H2,1-2H3. The van der Waals surface area contributed by atoms with Crippen molar-refractivity contribution in [2.75, 3.05) is 26.0 Å². The number of hydrogen-bond donors (Lipinski definition) is 0. The van der Waals surface area contributed by atoms with Crippen molar-refractivity contribution >= 4 is 10.0 Å². The van der Waals surface area contributed by atoms with Gasteiger partial charge in [0, 0.05) is 19.3 Å². The summed E-state index contributed by atoms with van der Waals surface area (Å²) >= 11 is 0. The molecule has 7 heteroatoms. The zero-order valence-corrected chi connectivity index (χ0v) is 12.6. The molecule has 1 spiro atoms. The van der Waals surface area contributed by atoms with Crippen molar-refractivity contribution in [3.63, 3.8) is 0 Å². The highest BCUT2D eigenvalue weighted by Gasteiger charge is 2.45. The van der Waals surface area contributed by atoms with Crippen molar-refractivity contribution in [1.82, 2.24) is 14.3 Å². The molecule has 1 aromatic heterocycles. The van der Waals surface area contributed by atoms with Crippen LogP contribution in [0.5, 0.6) is 0 Å². The number of rotatable bonds is 1. The van der Waals surface area contributed by atoms with Crippen molar-refractivity contribution < 1.29 is 13.2 Å². The number of hydrogen-bond acceptors (Lipinski definition) is 5. The first kappa shape index (κ1) is 13.9. The molecule has 110 valence electrons. The molecule has 1 aromatic rings. The third-order valence-electron chi connectivity index (χ3n) is 4.06. The van der Waals surface area contributed by atoms with Gasteiger partial charge in [0.2, 0.25) is 10.0 Å². The van der Waals surface area contributed by atoms with Crippen LogP contribution in [0.2, 0.25) is 0 Å². The first-order valence-corrected chi connectivity index (χ1v) is 8.68. The van der Waals surface area contributed by atoms with E-state index in [1.165, 1.54) is 10.6 Å². The van der Waals surface area contributed by atoms with Crippen LogP contribution in [-0.2, 0) is 26.8 Å². The van der Waals surface area contributed by atoms with Crippen molar-refractivity contribution in [2.45, 2.75) is 31.8 Å². The Hall–Kier alpha value is -1.05. The van der Waals surface area contributed by atoms with Gasteiger partial charge in [0.25, 0.3) is 0 Å². The van der Waals surface area contributed by atoms with Gasteiger partial charge in [0.05, 0.1) is 18.6 Å². The summed E-state index contributed by atoms with van der Waals surface area (Å²) in [6.07, 6.45) is 5.48. The summed E-state index contributed by atoms with van der Waals surface area (Å²) in [5.74, 6) is 0.699. The van der Waals surface area contributed by atoms with E-state index < -0.39 is 15.6 Å². The third-order valence-corrected chi connectivity index (χ3v) is 5.30. The number of ether oxygens (including phenoxy) is 1. The molecule has 1 fully saturated rings. The lowest BCUT2D eigenvalue weighted by atomic mass is 9.85. The fraction of sp³-hybridized carbons (Fsp3) is 0.692. The normalized spacial score (nSPS) is 27.5. The molecule has 0 bridgehead atoms. The molecule has 1 unspecified atom stereocenters. The van der Waals surface area contributed by atoms with Crippen molar-refractivity contribution in [1.29, 1.82) is 0 Å². The topological polar surface area (TPSA) is 72.4 Å². The van der Waals surface area contributed by atoms with Crippen LogP contribution in [0, 0.1) is 6.92 Å². The summed E-state index contributed by atoms with van der Waals surface area (Å²) < 4.78 is 31.2. The SMILES string of the molecule is Cc1ncc2c(n1)C1(CCCN(S(C)(=O)=O)C1)OCC2. The highest BCUT2D eigenvalue weighted by atomic mass is 32.2. The van der Waals surface area contributed by atoms with Crippen LogP contribution in [0.1, 0.15) is 29.9 Å². The molecule has 2 aliphatic heterocycles. The minimum atomic E-state index is -3.20. The predicted octanol–water partition coefficient (Wildman–Crippen LogP) is 0.608. The average molecular weight is 297 g/mol. The number of aromatic nitrogens is 2. The Labute approximate surface area is 119 Å². The number of fused-ring (bicyclic) bond motifs is 2. The van der Waals surface area contributed by atoms with E-state index in [4.69, 9.17) is 4.74 Å². The molecule has 0 radical (unpaired) electrons. The zero-order chi connectivity index (χ0) is 14.4. The molecule has 0 saturated carbocycles. The molecule has 3 rings (SSSR count). The largest absolute Gasteiger partial charge is 0.367 e. The Balaban J connectivity index is 2.03. The van der Waals surface area contributed by atoms with Crippen LogP contribution >= 0.6 is 0 Å². The van der Waals surface area contributed by atoms with E-state index >= 15 is 0 Å². The maximum Gasteiger partial charge on any atom is 0.211 e. The van der Waals surface area contributed by atoms with Gasteiger partial charge in [-0.05, 0) is 31.7 Å². The zero-order valence-electron chi connectivity index (χ0n) is 11.8. The van der Waals surface area contributed by atoms with Crippen molar-refractivity contribution in [3.05, 3.63) is 23.3 Å². The van der Waals surface area contributed by atoms with Crippen molar-refractivity contribution in [3.8, 4) is 0 Å². The molecule has 0 aliphatic carbocycles. The van der Waals surface area contributed by atoms with Crippen LogP contribution < -0.4 is 0 Å². The van der Waals surface area contributed by atoms with Crippen LogP contribution in [-0.4, -0.2) is 48.6 Å². The highest BCUT2D eigenvalue weighted by Crippen LogP contribution is 2.39. The summed E-state index contributed by atoms with van der Waals surface area (Å²) in [6, 6.07) is 0. The maximum atomic E-state index is 11.8. The second kappa shape index (κ2) is 4.75. The fourth-order valence-corrected chi connectivity index (χ4v) is 3.98. The molecular weight excluding hydrogens is 278 g/mol. The molecule has 6 nitrogen and oxygen atoms in total. The molecule has 0 aromatic carbocycles. The Morgan fingerprint density at radius 1 is 1.45 bits per heavy atom. The van der Waals surface area contributed by atoms with E-state index in [-0.39, 0.29) is 0 Å². The van der Waals surface area contributed by atoms with E-state index in [9.17, 15) is 8.42 Å². The van der Waals surface area contributed by atoms with E-state index in [0.717, 1.165) is 30.5 Å². The van der Waals surface area contributed by atoms with Gasteiger partial charge in [-0.2, -0.15) is 4.31 Å². The first-order chi connectivity index (χ1) is 9.41. The number of aryl methyl sites for hydroxylation is 1. The first-order valence-electron chi connectivity index (χ1n) is 6.83. The van der Waals surface area contributed by atoms with Crippen molar-refractivity contribution in [2.24, 2.45) is 0 Å². The smallest absolute Gasteiger partial charge is 0.211 e. The monoisotopic (exact) mass is 297 g/mol. The quantitative estimate of drug-likeness (QED) is 0.759. The molecule has 0 amide bonds. The Morgan fingerprint density at radius 2 is 2.25 bits per heavy atom. The minimum Gasteiger partial charge on any atom is -0.367 e. The lowest BCUT2D eigenvalue weighted by Gasteiger charge is -2.44. The molecule has 1 saturated heterocycles. The highest BCUT2D eigenvalue weighted by molar-refractivity contribution is 7.88. The molecular formula is C13H19N3O3S. The second-order valence-electron chi connectivity index (χ2n) is 5.58. The summed E-state index contributed by atoms with van der Waals surface area (Å²) in [7, 11) is -3.20. The number of nitrogens with zero attached hydrogens (tertiary/aromatic N) is 3. The lowest BCUT2D eigenvalue weighted by Crippen LogP contribution is -2.52. The summed E-state index contributed by atoms with van der Waals surface area (Å²) in [5.41, 5.74) is 1.37. The van der Waals surface area contributed by atoms with Gasteiger partial charge in [0.1, 0.15) is 11.4 Å². The maximum absolute atomic E-state index is 11.8. The fourth-order valence-electron chi connectivity index (χ4n) is 3.08. The van der Waals surface area contributed by atoms with Gasteiger partial charge in [0.15, 0.2) is 0 Å². The van der Waals surface area contributed by atoms with Crippen LogP contribution in [0.25, 0.3) is 0 Å². The van der Waals surface area contributed by atoms with Gasteiger partial charge < -0.3 is 4.74 Å².